The lowest BCUT2D eigenvalue weighted by atomic mass is 10.1. The molecule has 0 radical (unpaired) electrons. The van der Waals surface area contributed by atoms with E-state index in [2.05, 4.69) is 34.5 Å². The minimum absolute atomic E-state index is 0.469. The van der Waals surface area contributed by atoms with Crippen LogP contribution in [0.25, 0.3) is 16.4 Å². The molecule has 102 valence electrons. The standard InChI is InChI=1S/C17H13N3O/c1-2-9-15-13(6-1)7-5-8-14(15)12-21-17-19-18-16-10-3-4-11-20(16)17/h1-11H,12H2. The van der Waals surface area contributed by atoms with Crippen molar-refractivity contribution in [2.75, 3.05) is 0 Å². The number of pyridine rings is 1. The summed E-state index contributed by atoms with van der Waals surface area (Å²) in [6.45, 7) is 0.469. The van der Waals surface area contributed by atoms with Crippen LogP contribution in [0.15, 0.2) is 66.9 Å². The Kier molecular flexibility index (Phi) is 2.78. The zero-order valence-electron chi connectivity index (χ0n) is 11.3. The summed E-state index contributed by atoms with van der Waals surface area (Å²) >= 11 is 0. The molecule has 0 saturated carbocycles. The molecule has 0 spiro atoms. The number of rotatable bonds is 3. The van der Waals surface area contributed by atoms with Gasteiger partial charge in [-0.15, -0.1) is 5.10 Å². The summed E-state index contributed by atoms with van der Waals surface area (Å²) in [7, 11) is 0. The number of benzene rings is 2. The monoisotopic (exact) mass is 275 g/mol. The Morgan fingerprint density at radius 3 is 2.71 bits per heavy atom. The first-order valence-corrected chi connectivity index (χ1v) is 6.81. The minimum atomic E-state index is 0.469. The summed E-state index contributed by atoms with van der Waals surface area (Å²) in [5, 5.41) is 10.6. The second kappa shape index (κ2) is 4.90. The Bertz CT molecular complexity index is 909. The highest BCUT2D eigenvalue weighted by atomic mass is 16.5. The van der Waals surface area contributed by atoms with Gasteiger partial charge >= 0.3 is 6.01 Å². The van der Waals surface area contributed by atoms with Gasteiger partial charge in [-0.25, -0.2) is 0 Å². The molecule has 2 aromatic carbocycles. The number of hydrogen-bond donors (Lipinski definition) is 0. The van der Waals surface area contributed by atoms with Gasteiger partial charge in [0.25, 0.3) is 0 Å². The largest absolute Gasteiger partial charge is 0.458 e. The Labute approximate surface area is 121 Å². The molecule has 0 fully saturated rings. The zero-order valence-corrected chi connectivity index (χ0v) is 11.3. The maximum absolute atomic E-state index is 5.84. The Balaban J connectivity index is 1.67. The van der Waals surface area contributed by atoms with Crippen molar-refractivity contribution in [3.63, 3.8) is 0 Å². The molecule has 0 aliphatic rings. The summed E-state index contributed by atoms with van der Waals surface area (Å²) in [6, 6.07) is 20.8. The fraction of sp³-hybridized carbons (Fsp3) is 0.0588. The van der Waals surface area contributed by atoms with Gasteiger partial charge < -0.3 is 4.74 Å². The van der Waals surface area contributed by atoms with Crippen molar-refractivity contribution in [3.05, 3.63) is 72.4 Å². The number of nitrogens with zero attached hydrogens (tertiary/aromatic N) is 3. The van der Waals surface area contributed by atoms with E-state index in [0.29, 0.717) is 12.6 Å². The smallest absolute Gasteiger partial charge is 0.321 e. The molecule has 0 amide bonds. The highest BCUT2D eigenvalue weighted by Crippen LogP contribution is 2.20. The molecule has 0 bridgehead atoms. The Morgan fingerprint density at radius 1 is 0.857 bits per heavy atom. The average molecular weight is 275 g/mol. The molecule has 2 heterocycles. The lowest BCUT2D eigenvalue weighted by Crippen LogP contribution is -1.99. The Hall–Kier alpha value is -2.88. The number of aromatic nitrogens is 3. The van der Waals surface area contributed by atoms with Crippen LogP contribution >= 0.6 is 0 Å². The third-order valence-corrected chi connectivity index (χ3v) is 3.52. The van der Waals surface area contributed by atoms with Gasteiger partial charge in [-0.1, -0.05) is 53.6 Å². The molecule has 0 saturated heterocycles. The minimum Gasteiger partial charge on any atom is -0.458 e. The number of ether oxygens (including phenoxy) is 1. The topological polar surface area (TPSA) is 39.4 Å². The van der Waals surface area contributed by atoms with Crippen molar-refractivity contribution < 1.29 is 4.74 Å². The molecule has 4 heteroatoms. The van der Waals surface area contributed by atoms with Crippen LogP contribution in [0.5, 0.6) is 6.01 Å². The first kappa shape index (κ1) is 11.9. The predicted octanol–water partition coefficient (Wildman–Crippen LogP) is 3.46. The van der Waals surface area contributed by atoms with Crippen LogP contribution < -0.4 is 4.74 Å². The van der Waals surface area contributed by atoms with E-state index in [1.807, 2.05) is 47.0 Å². The van der Waals surface area contributed by atoms with Gasteiger partial charge in [0.2, 0.25) is 0 Å². The lowest BCUT2D eigenvalue weighted by molar-refractivity contribution is 0.279. The molecule has 0 aliphatic heterocycles. The SMILES string of the molecule is c1ccc2c(COc3nnc4ccccn34)cccc2c1. The third-order valence-electron chi connectivity index (χ3n) is 3.52. The van der Waals surface area contributed by atoms with E-state index in [9.17, 15) is 0 Å². The first-order valence-electron chi connectivity index (χ1n) is 6.81. The van der Waals surface area contributed by atoms with Crippen LogP contribution in [-0.2, 0) is 6.61 Å². The van der Waals surface area contributed by atoms with Crippen LogP contribution in [0.1, 0.15) is 5.56 Å². The summed E-state index contributed by atoms with van der Waals surface area (Å²) in [5.74, 6) is 0. The zero-order chi connectivity index (χ0) is 14.1. The van der Waals surface area contributed by atoms with Crippen LogP contribution in [0.3, 0.4) is 0 Å². The van der Waals surface area contributed by atoms with Crippen LogP contribution in [0, 0.1) is 0 Å². The van der Waals surface area contributed by atoms with Crippen LogP contribution in [0.4, 0.5) is 0 Å². The van der Waals surface area contributed by atoms with Gasteiger partial charge in [0.1, 0.15) is 6.61 Å². The van der Waals surface area contributed by atoms with Gasteiger partial charge in [0.05, 0.1) is 0 Å². The lowest BCUT2D eigenvalue weighted by Gasteiger charge is -2.07. The summed E-state index contributed by atoms with van der Waals surface area (Å²) < 4.78 is 7.68. The maximum Gasteiger partial charge on any atom is 0.321 e. The predicted molar refractivity (Wildman–Crippen MR) is 81.3 cm³/mol. The van der Waals surface area contributed by atoms with E-state index in [1.54, 1.807) is 0 Å². The highest BCUT2D eigenvalue weighted by molar-refractivity contribution is 5.85. The highest BCUT2D eigenvalue weighted by Gasteiger charge is 2.07. The van der Waals surface area contributed by atoms with E-state index >= 15 is 0 Å². The number of hydrogen-bond acceptors (Lipinski definition) is 3. The van der Waals surface area contributed by atoms with E-state index in [0.717, 1.165) is 11.2 Å². The van der Waals surface area contributed by atoms with Gasteiger partial charge in [-0.3, -0.25) is 4.40 Å². The molecule has 21 heavy (non-hydrogen) atoms. The summed E-state index contributed by atoms with van der Waals surface area (Å²) in [6.07, 6.45) is 1.90. The molecule has 0 atom stereocenters. The Morgan fingerprint density at radius 2 is 1.71 bits per heavy atom. The third kappa shape index (κ3) is 2.10. The van der Waals surface area contributed by atoms with E-state index in [-0.39, 0.29) is 0 Å². The quantitative estimate of drug-likeness (QED) is 0.575. The molecule has 0 N–H and O–H groups in total. The molecule has 0 unspecified atom stereocenters. The molecular formula is C17H13N3O. The van der Waals surface area contributed by atoms with E-state index < -0.39 is 0 Å². The molecule has 4 rings (SSSR count). The molecule has 4 nitrogen and oxygen atoms in total. The van der Waals surface area contributed by atoms with Gasteiger partial charge in [0, 0.05) is 6.20 Å². The molecule has 0 aliphatic carbocycles. The first-order chi connectivity index (χ1) is 10.4. The molecular weight excluding hydrogens is 262 g/mol. The van der Waals surface area contributed by atoms with Crippen molar-refractivity contribution in [1.29, 1.82) is 0 Å². The van der Waals surface area contributed by atoms with Gasteiger partial charge in [0.15, 0.2) is 5.65 Å². The normalized spacial score (nSPS) is 11.0. The van der Waals surface area contributed by atoms with Crippen molar-refractivity contribution in [3.8, 4) is 6.01 Å². The van der Waals surface area contributed by atoms with Crippen LogP contribution in [0.2, 0.25) is 0 Å². The van der Waals surface area contributed by atoms with Crippen molar-refractivity contribution in [2.24, 2.45) is 0 Å². The van der Waals surface area contributed by atoms with Crippen molar-refractivity contribution >= 4 is 16.4 Å². The van der Waals surface area contributed by atoms with Crippen LogP contribution in [-0.4, -0.2) is 14.6 Å². The van der Waals surface area contributed by atoms with Crippen molar-refractivity contribution in [1.82, 2.24) is 14.6 Å². The second-order valence-electron chi connectivity index (χ2n) is 4.84. The fourth-order valence-corrected chi connectivity index (χ4v) is 2.48. The molecule has 4 aromatic rings. The number of fused-ring (bicyclic) bond motifs is 2. The fourth-order valence-electron chi connectivity index (χ4n) is 2.48. The van der Waals surface area contributed by atoms with E-state index in [1.165, 1.54) is 10.8 Å². The summed E-state index contributed by atoms with van der Waals surface area (Å²) in [4.78, 5) is 0. The van der Waals surface area contributed by atoms with Gasteiger partial charge in [-0.05, 0) is 28.5 Å². The summed E-state index contributed by atoms with van der Waals surface area (Å²) in [5.41, 5.74) is 1.92. The van der Waals surface area contributed by atoms with Crippen molar-refractivity contribution in [2.45, 2.75) is 6.61 Å². The maximum atomic E-state index is 5.84. The van der Waals surface area contributed by atoms with Gasteiger partial charge in [-0.2, -0.15) is 0 Å². The average Bonchev–Trinajstić information content (AvgIpc) is 2.96. The second-order valence-corrected chi connectivity index (χ2v) is 4.84. The molecule has 2 aromatic heterocycles. The van der Waals surface area contributed by atoms with E-state index in [4.69, 9.17) is 4.74 Å².